The largest absolute Gasteiger partial charge is 0.478 e. The lowest BCUT2D eigenvalue weighted by Gasteiger charge is -2.08. The zero-order chi connectivity index (χ0) is 30.5. The summed E-state index contributed by atoms with van der Waals surface area (Å²) in [6, 6.07) is 20.0. The van der Waals surface area contributed by atoms with Gasteiger partial charge in [0.15, 0.2) is 5.82 Å². The Morgan fingerprint density at radius 3 is 2.37 bits per heavy atom. The lowest BCUT2D eigenvalue weighted by Crippen LogP contribution is -2.00. The zero-order valence-electron chi connectivity index (χ0n) is 23.4. The van der Waals surface area contributed by atoms with Crippen molar-refractivity contribution in [1.82, 2.24) is 9.97 Å². The molecule has 10 heteroatoms. The second-order valence-electron chi connectivity index (χ2n) is 9.69. The van der Waals surface area contributed by atoms with E-state index in [2.05, 4.69) is 15.0 Å². The molecule has 43 heavy (non-hydrogen) atoms. The molecule has 0 bridgehead atoms. The fourth-order valence-electron chi connectivity index (χ4n) is 4.51. The summed E-state index contributed by atoms with van der Waals surface area (Å²) < 4.78 is 41.3. The van der Waals surface area contributed by atoms with Crippen molar-refractivity contribution in [2.45, 2.75) is 6.92 Å². The molecule has 4 N–H and O–H groups in total. The topological polar surface area (TPSA) is 123 Å². The van der Waals surface area contributed by atoms with Crippen molar-refractivity contribution in [2.24, 2.45) is 10.7 Å². The van der Waals surface area contributed by atoms with Crippen molar-refractivity contribution in [3.8, 4) is 34.0 Å². The predicted octanol–water partition coefficient (Wildman–Crippen LogP) is 6.99. The number of H-pyrrole nitrogens is 1. The van der Waals surface area contributed by atoms with Crippen LogP contribution in [0.1, 0.15) is 21.5 Å². The SMILES string of the molecule is COCCN=C/C=C(\N)c1ccc(-c2ccc(-c3c(F)cc4[nH]c(Oc5ccc(C)c(C(=O)O)c5)nc4c3F)cc2)cc1. The average molecular weight is 583 g/mol. The lowest BCUT2D eigenvalue weighted by molar-refractivity contribution is 0.0695. The first-order valence-electron chi connectivity index (χ1n) is 13.3. The maximum Gasteiger partial charge on any atom is 0.336 e. The number of ether oxygens (including phenoxy) is 2. The molecule has 0 saturated carbocycles. The van der Waals surface area contributed by atoms with Crippen molar-refractivity contribution in [1.29, 1.82) is 0 Å². The average Bonchev–Trinajstić information content (AvgIpc) is 3.40. The van der Waals surface area contributed by atoms with Gasteiger partial charge in [-0.15, -0.1) is 0 Å². The Hall–Kier alpha value is -5.35. The Balaban J connectivity index is 1.36. The summed E-state index contributed by atoms with van der Waals surface area (Å²) in [4.78, 5) is 22.5. The lowest BCUT2D eigenvalue weighted by atomic mass is 9.98. The number of fused-ring (bicyclic) bond motifs is 1. The van der Waals surface area contributed by atoms with Crippen LogP contribution in [0.25, 0.3) is 39.0 Å². The number of aromatic amines is 1. The molecule has 1 heterocycles. The minimum atomic E-state index is -1.11. The number of aromatic carboxylic acids is 1. The summed E-state index contributed by atoms with van der Waals surface area (Å²) in [5, 5.41) is 9.35. The molecule has 0 aliphatic rings. The van der Waals surface area contributed by atoms with Gasteiger partial charge < -0.3 is 25.3 Å². The fourth-order valence-corrected chi connectivity index (χ4v) is 4.51. The van der Waals surface area contributed by atoms with Crippen LogP contribution >= 0.6 is 0 Å². The first-order chi connectivity index (χ1) is 20.7. The second-order valence-corrected chi connectivity index (χ2v) is 9.69. The Kier molecular flexibility index (Phi) is 8.59. The van der Waals surface area contributed by atoms with E-state index < -0.39 is 17.6 Å². The minimum Gasteiger partial charge on any atom is -0.478 e. The number of methoxy groups -OCH3 is 1. The van der Waals surface area contributed by atoms with E-state index in [1.54, 1.807) is 62.7 Å². The zero-order valence-corrected chi connectivity index (χ0v) is 23.4. The van der Waals surface area contributed by atoms with Gasteiger partial charge in [0.25, 0.3) is 6.01 Å². The molecule has 1 aromatic heterocycles. The van der Waals surface area contributed by atoms with Gasteiger partial charge in [0, 0.05) is 25.1 Å². The van der Waals surface area contributed by atoms with Crippen LogP contribution in [0, 0.1) is 18.6 Å². The number of halogens is 2. The summed E-state index contributed by atoms with van der Waals surface area (Å²) >= 11 is 0. The first-order valence-corrected chi connectivity index (χ1v) is 13.3. The predicted molar refractivity (Wildman–Crippen MR) is 162 cm³/mol. The van der Waals surface area contributed by atoms with E-state index in [-0.39, 0.29) is 33.9 Å². The normalized spacial score (nSPS) is 11.9. The number of imidazole rings is 1. The third-order valence-electron chi connectivity index (χ3n) is 6.81. The molecular formula is C33H28F2N4O4. The van der Waals surface area contributed by atoms with Gasteiger partial charge in [0.2, 0.25) is 0 Å². The highest BCUT2D eigenvalue weighted by Crippen LogP contribution is 2.34. The minimum absolute atomic E-state index is 0.0628. The van der Waals surface area contributed by atoms with E-state index in [1.807, 2.05) is 24.3 Å². The summed E-state index contributed by atoms with van der Waals surface area (Å²) in [6.45, 7) is 2.76. The molecule has 0 atom stereocenters. The van der Waals surface area contributed by atoms with E-state index in [0.717, 1.165) is 22.8 Å². The Morgan fingerprint density at radius 1 is 1.02 bits per heavy atom. The molecule has 0 radical (unpaired) electrons. The number of carboxylic acid groups (broad SMARTS) is 1. The number of carboxylic acids is 1. The molecule has 218 valence electrons. The molecule has 5 rings (SSSR count). The van der Waals surface area contributed by atoms with Gasteiger partial charge in [-0.05, 0) is 52.9 Å². The molecule has 8 nitrogen and oxygen atoms in total. The second kappa shape index (κ2) is 12.7. The highest BCUT2D eigenvalue weighted by Gasteiger charge is 2.20. The Morgan fingerprint density at radius 2 is 1.70 bits per heavy atom. The van der Waals surface area contributed by atoms with Crippen LogP contribution in [0.4, 0.5) is 8.78 Å². The Bertz CT molecular complexity index is 1850. The third kappa shape index (κ3) is 6.44. The van der Waals surface area contributed by atoms with Gasteiger partial charge in [-0.3, -0.25) is 4.99 Å². The van der Waals surface area contributed by atoms with Crippen LogP contribution in [-0.4, -0.2) is 47.5 Å². The van der Waals surface area contributed by atoms with Crippen molar-refractivity contribution >= 4 is 28.9 Å². The highest BCUT2D eigenvalue weighted by molar-refractivity contribution is 5.90. The molecule has 0 amide bonds. The van der Waals surface area contributed by atoms with Gasteiger partial charge in [-0.25, -0.2) is 13.6 Å². The number of carbonyl (C=O) groups is 1. The standard InChI is InChI=1S/C33H28F2N4O4/c1-19-3-12-24(17-25(19)32(40)41)43-33-38-28-18-26(34)29(30(35)31(28)39-33)23-10-6-21(7-11-23)20-4-8-22(9-5-20)27(36)13-14-37-15-16-42-2/h3-14,17-18H,15-16,36H2,1-2H3,(H,38,39)(H,40,41)/b27-13-,37-14?. The van der Waals surface area contributed by atoms with Crippen LogP contribution in [0.15, 0.2) is 83.9 Å². The van der Waals surface area contributed by atoms with Crippen LogP contribution in [-0.2, 0) is 4.74 Å². The number of aliphatic imine (C=N–C) groups is 1. The number of allylic oxidation sites excluding steroid dienone is 1. The molecule has 0 fully saturated rings. The van der Waals surface area contributed by atoms with Crippen molar-refractivity contribution < 1.29 is 28.2 Å². The van der Waals surface area contributed by atoms with E-state index >= 15 is 8.78 Å². The molecule has 0 saturated heterocycles. The molecule has 0 spiro atoms. The first kappa shape index (κ1) is 29.2. The maximum atomic E-state index is 15.6. The van der Waals surface area contributed by atoms with E-state index in [9.17, 15) is 9.90 Å². The van der Waals surface area contributed by atoms with Crippen LogP contribution in [0.3, 0.4) is 0 Å². The van der Waals surface area contributed by atoms with Crippen molar-refractivity contribution in [2.75, 3.05) is 20.3 Å². The van der Waals surface area contributed by atoms with Crippen molar-refractivity contribution in [3.05, 3.63) is 107 Å². The van der Waals surface area contributed by atoms with E-state index in [0.29, 0.717) is 30.0 Å². The number of rotatable bonds is 10. The molecule has 4 aromatic carbocycles. The van der Waals surface area contributed by atoms with Gasteiger partial charge >= 0.3 is 5.97 Å². The smallest absolute Gasteiger partial charge is 0.336 e. The van der Waals surface area contributed by atoms with Gasteiger partial charge in [0.1, 0.15) is 17.1 Å². The highest BCUT2D eigenvalue weighted by atomic mass is 19.1. The summed E-state index contributed by atoms with van der Waals surface area (Å²) in [5.74, 6) is -2.53. The fraction of sp³-hybridized carbons (Fsp3) is 0.121. The number of nitrogens with zero attached hydrogens (tertiary/aromatic N) is 2. The number of benzene rings is 4. The molecule has 0 aliphatic carbocycles. The maximum absolute atomic E-state index is 15.6. The van der Waals surface area contributed by atoms with Crippen molar-refractivity contribution in [3.63, 3.8) is 0 Å². The molecule has 0 unspecified atom stereocenters. The summed E-state index contributed by atoms with van der Waals surface area (Å²) in [6.07, 6.45) is 3.37. The van der Waals surface area contributed by atoms with Crippen LogP contribution in [0.5, 0.6) is 11.8 Å². The summed E-state index contributed by atoms with van der Waals surface area (Å²) in [5.41, 5.74) is 10.0. The molecule has 5 aromatic rings. The molecule has 0 aliphatic heterocycles. The number of nitrogens with two attached hydrogens (primary N) is 1. The van der Waals surface area contributed by atoms with E-state index in [4.69, 9.17) is 15.2 Å². The summed E-state index contributed by atoms with van der Waals surface area (Å²) in [7, 11) is 1.62. The third-order valence-corrected chi connectivity index (χ3v) is 6.81. The van der Waals surface area contributed by atoms with Crippen LogP contribution < -0.4 is 10.5 Å². The number of hydrogen-bond acceptors (Lipinski definition) is 6. The molecular weight excluding hydrogens is 554 g/mol. The number of aryl methyl sites for hydroxylation is 1. The van der Waals surface area contributed by atoms with Gasteiger partial charge in [0.05, 0.1) is 29.8 Å². The number of aromatic nitrogens is 2. The van der Waals surface area contributed by atoms with Crippen LogP contribution in [0.2, 0.25) is 0 Å². The van der Waals surface area contributed by atoms with Gasteiger partial charge in [-0.2, -0.15) is 4.98 Å². The van der Waals surface area contributed by atoms with Gasteiger partial charge in [-0.1, -0.05) is 54.6 Å². The number of hydrogen-bond donors (Lipinski definition) is 3. The quantitative estimate of drug-likeness (QED) is 0.120. The Labute approximate surface area is 246 Å². The monoisotopic (exact) mass is 582 g/mol. The number of nitrogens with one attached hydrogen (secondary N) is 1. The van der Waals surface area contributed by atoms with E-state index in [1.165, 1.54) is 6.07 Å².